The minimum Gasteiger partial charge on any atom is -0.492 e. The summed E-state index contributed by atoms with van der Waals surface area (Å²) < 4.78 is 33.9. The third-order valence-corrected chi connectivity index (χ3v) is 11.6. The number of pyridine rings is 1. The molecule has 256 valence electrons. The molecule has 0 bridgehead atoms. The van der Waals surface area contributed by atoms with Crippen LogP contribution >= 0.6 is 36.2 Å². The van der Waals surface area contributed by atoms with Gasteiger partial charge in [-0.15, -0.1) is 36.2 Å². The highest BCUT2D eigenvalue weighted by molar-refractivity contribution is 7.92. The number of ether oxygens (including phenoxy) is 1. The van der Waals surface area contributed by atoms with Crippen molar-refractivity contribution in [2.24, 2.45) is 0 Å². The molecule has 48 heavy (non-hydrogen) atoms. The predicted molar refractivity (Wildman–Crippen MR) is 194 cm³/mol. The number of carbonyl (C=O) groups is 1. The molecule has 5 aromatic rings. The molecule has 2 aromatic carbocycles. The summed E-state index contributed by atoms with van der Waals surface area (Å²) in [4.78, 5) is 30.8. The van der Waals surface area contributed by atoms with Crippen LogP contribution in [-0.2, 0) is 9.84 Å². The molecule has 1 aliphatic heterocycles. The SMILES string of the molecule is CC(C)(C)S(=O)(=O)c1cc2c(Nc3ccc4scnc4c3)ccnc2cc1OCCCN1CCC(c2cnc(C(=O)O)cn2)CC1.Cl.Cl. The Labute approximate surface area is 295 Å². The first-order chi connectivity index (χ1) is 22.0. The number of rotatable bonds is 10. The molecular weight excluding hydrogens is 695 g/mol. The first-order valence-corrected chi connectivity index (χ1v) is 17.5. The molecule has 1 aliphatic rings. The highest BCUT2D eigenvalue weighted by Crippen LogP contribution is 2.38. The standard InChI is InChI=1S/C33H36N6O5S2.2ClH/c1-33(2,3)46(42,43)31-16-23-24(38-22-5-6-30-26(15-22)37-20-45-30)7-10-34-25(23)17-29(31)44-14-4-11-39-12-8-21(9-13-39)27-18-36-28(19-35-27)32(40)41;;/h5-7,10,15-21H,4,8-9,11-14H2,1-3H3,(H,34,38)(H,40,41);2*1H. The molecule has 1 saturated heterocycles. The van der Waals surface area contributed by atoms with Crippen molar-refractivity contribution in [2.45, 2.75) is 55.6 Å². The van der Waals surface area contributed by atoms with Gasteiger partial charge in [0.15, 0.2) is 15.5 Å². The molecule has 4 heterocycles. The molecule has 2 N–H and O–H groups in total. The number of hydrogen-bond acceptors (Lipinski definition) is 11. The van der Waals surface area contributed by atoms with Crippen molar-refractivity contribution in [3.05, 3.63) is 71.9 Å². The summed E-state index contributed by atoms with van der Waals surface area (Å²) in [6.07, 6.45) is 7.11. The smallest absolute Gasteiger partial charge is 0.356 e. The number of nitrogens with zero attached hydrogens (tertiary/aromatic N) is 5. The number of likely N-dealkylation sites (tertiary alicyclic amines) is 1. The average Bonchev–Trinajstić information content (AvgIpc) is 3.51. The van der Waals surface area contributed by atoms with Gasteiger partial charge >= 0.3 is 5.97 Å². The molecule has 6 rings (SSSR count). The summed E-state index contributed by atoms with van der Waals surface area (Å²) in [5.74, 6) is -0.535. The van der Waals surface area contributed by atoms with Crippen LogP contribution in [0.2, 0.25) is 0 Å². The number of anilines is 2. The topological polar surface area (TPSA) is 148 Å². The van der Waals surface area contributed by atoms with Gasteiger partial charge in [-0.1, -0.05) is 0 Å². The summed E-state index contributed by atoms with van der Waals surface area (Å²) in [5.41, 5.74) is 5.69. The van der Waals surface area contributed by atoms with Crippen LogP contribution in [0, 0.1) is 0 Å². The van der Waals surface area contributed by atoms with Crippen LogP contribution in [0.4, 0.5) is 11.4 Å². The van der Waals surface area contributed by atoms with Crippen LogP contribution in [0.15, 0.2) is 65.4 Å². The lowest BCUT2D eigenvalue weighted by molar-refractivity contribution is 0.0689. The van der Waals surface area contributed by atoms with E-state index < -0.39 is 20.6 Å². The number of carboxylic acids is 1. The summed E-state index contributed by atoms with van der Waals surface area (Å²) in [7, 11) is -3.75. The van der Waals surface area contributed by atoms with Crippen LogP contribution in [0.5, 0.6) is 5.75 Å². The summed E-state index contributed by atoms with van der Waals surface area (Å²) in [6, 6.07) is 11.2. The Morgan fingerprint density at radius 1 is 1.02 bits per heavy atom. The number of sulfone groups is 1. The van der Waals surface area contributed by atoms with E-state index in [1.807, 2.05) is 29.8 Å². The van der Waals surface area contributed by atoms with E-state index in [0.29, 0.717) is 23.3 Å². The Bertz CT molecular complexity index is 1990. The minimum atomic E-state index is -3.75. The molecule has 15 heteroatoms. The number of piperidine rings is 1. The molecule has 0 unspecified atom stereocenters. The molecule has 11 nitrogen and oxygen atoms in total. The number of aromatic nitrogens is 4. The number of halogens is 2. The van der Waals surface area contributed by atoms with Gasteiger partial charge in [-0.2, -0.15) is 0 Å². The highest BCUT2D eigenvalue weighted by atomic mass is 35.5. The molecule has 0 spiro atoms. The van der Waals surface area contributed by atoms with Crippen molar-refractivity contribution >= 4 is 84.5 Å². The molecule has 3 aromatic heterocycles. The number of hydrogen-bond donors (Lipinski definition) is 2. The zero-order chi connectivity index (χ0) is 32.5. The Morgan fingerprint density at radius 3 is 2.48 bits per heavy atom. The number of fused-ring (bicyclic) bond motifs is 2. The van der Waals surface area contributed by atoms with Gasteiger partial charge in [0.05, 0.1) is 44.5 Å². The second-order valence-corrected chi connectivity index (χ2v) is 16.0. The summed E-state index contributed by atoms with van der Waals surface area (Å²) in [6.45, 7) is 7.99. The minimum absolute atomic E-state index is 0. The maximum absolute atomic E-state index is 13.8. The Morgan fingerprint density at radius 2 is 1.79 bits per heavy atom. The molecular formula is C33H38Cl2N6O5S2. The lowest BCUT2D eigenvalue weighted by atomic mass is 9.93. The molecule has 0 aliphatic carbocycles. The fourth-order valence-electron chi connectivity index (χ4n) is 5.59. The van der Waals surface area contributed by atoms with E-state index in [1.54, 1.807) is 56.6 Å². The van der Waals surface area contributed by atoms with E-state index in [2.05, 4.69) is 30.2 Å². The van der Waals surface area contributed by atoms with Gasteiger partial charge in [-0.05, 0) is 83.5 Å². The van der Waals surface area contributed by atoms with E-state index in [4.69, 9.17) is 9.84 Å². The Hall–Kier alpha value is -3.62. The van der Waals surface area contributed by atoms with Gasteiger partial charge in [0.2, 0.25) is 0 Å². The monoisotopic (exact) mass is 732 g/mol. The average molecular weight is 734 g/mol. The highest BCUT2D eigenvalue weighted by Gasteiger charge is 2.34. The van der Waals surface area contributed by atoms with Crippen LogP contribution in [-0.4, -0.2) is 75.3 Å². The van der Waals surface area contributed by atoms with E-state index in [9.17, 15) is 13.2 Å². The van der Waals surface area contributed by atoms with Crippen molar-refractivity contribution in [1.82, 2.24) is 24.8 Å². The third kappa shape index (κ3) is 7.98. The van der Waals surface area contributed by atoms with Gasteiger partial charge in [-0.3, -0.25) is 9.97 Å². The van der Waals surface area contributed by atoms with E-state index in [-0.39, 0.29) is 41.3 Å². The number of benzene rings is 2. The predicted octanol–water partition coefficient (Wildman–Crippen LogP) is 7.14. The van der Waals surface area contributed by atoms with E-state index in [0.717, 1.165) is 66.2 Å². The number of nitrogens with one attached hydrogen (secondary N) is 1. The van der Waals surface area contributed by atoms with E-state index in [1.165, 1.54) is 6.20 Å². The number of thiazole rings is 1. The largest absolute Gasteiger partial charge is 0.492 e. The zero-order valence-electron chi connectivity index (χ0n) is 26.7. The van der Waals surface area contributed by atoms with Crippen molar-refractivity contribution in [3.8, 4) is 5.75 Å². The van der Waals surface area contributed by atoms with Gasteiger partial charge in [0.1, 0.15) is 10.6 Å². The quantitative estimate of drug-likeness (QED) is 0.141. The fraction of sp³-hybridized carbons (Fsp3) is 0.364. The first-order valence-electron chi connectivity index (χ1n) is 15.2. The molecule has 0 saturated carbocycles. The number of aromatic carboxylic acids is 1. The second kappa shape index (κ2) is 15.3. The molecule has 0 atom stereocenters. The van der Waals surface area contributed by atoms with E-state index >= 15 is 0 Å². The Kier molecular flexibility index (Phi) is 11.9. The normalized spacial score (nSPS) is 14.3. The van der Waals surface area contributed by atoms with Crippen molar-refractivity contribution in [1.29, 1.82) is 0 Å². The maximum atomic E-state index is 13.8. The molecule has 0 amide bonds. The summed E-state index contributed by atoms with van der Waals surface area (Å²) in [5, 5.41) is 13.2. The van der Waals surface area contributed by atoms with Gasteiger partial charge in [-0.25, -0.2) is 23.2 Å². The Balaban J connectivity index is 0.00000260. The van der Waals surface area contributed by atoms with Gasteiger partial charge in [0.25, 0.3) is 0 Å². The maximum Gasteiger partial charge on any atom is 0.356 e. The molecule has 1 fully saturated rings. The molecule has 0 radical (unpaired) electrons. The first kappa shape index (κ1) is 37.2. The van der Waals surface area contributed by atoms with Crippen LogP contribution in [0.25, 0.3) is 21.1 Å². The van der Waals surface area contributed by atoms with Crippen molar-refractivity contribution in [2.75, 3.05) is 31.6 Å². The third-order valence-electron chi connectivity index (χ3n) is 8.29. The van der Waals surface area contributed by atoms with Crippen LogP contribution < -0.4 is 10.1 Å². The summed E-state index contributed by atoms with van der Waals surface area (Å²) >= 11 is 1.58. The van der Waals surface area contributed by atoms with Crippen molar-refractivity contribution in [3.63, 3.8) is 0 Å². The lowest BCUT2D eigenvalue weighted by Crippen LogP contribution is -2.34. The van der Waals surface area contributed by atoms with Crippen LogP contribution in [0.1, 0.15) is 62.1 Å². The lowest BCUT2D eigenvalue weighted by Gasteiger charge is -2.31. The van der Waals surface area contributed by atoms with Gasteiger partial charge < -0.3 is 20.1 Å². The zero-order valence-corrected chi connectivity index (χ0v) is 30.0. The number of carboxylic acid groups (broad SMARTS) is 1. The fourth-order valence-corrected chi connectivity index (χ4v) is 7.56. The van der Waals surface area contributed by atoms with Crippen molar-refractivity contribution < 1.29 is 23.1 Å². The van der Waals surface area contributed by atoms with Gasteiger partial charge in [0, 0.05) is 47.7 Å². The second-order valence-electron chi connectivity index (χ2n) is 12.4. The van der Waals surface area contributed by atoms with Crippen LogP contribution in [0.3, 0.4) is 0 Å².